The number of aryl methyl sites for hydroxylation is 1. The lowest BCUT2D eigenvalue weighted by molar-refractivity contribution is -0.139. The molecule has 8 heteroatoms. The molecule has 0 unspecified atom stereocenters. The molecule has 1 aromatic rings. The first-order chi connectivity index (χ1) is 14.3. The van der Waals surface area contributed by atoms with Crippen molar-refractivity contribution in [1.82, 2.24) is 10.2 Å². The first-order valence-electron chi connectivity index (χ1n) is 10.5. The second-order valence-corrected chi connectivity index (χ2v) is 9.62. The van der Waals surface area contributed by atoms with Crippen LogP contribution in [-0.4, -0.2) is 71.4 Å². The van der Waals surface area contributed by atoms with E-state index in [2.05, 4.69) is 37.0 Å². The largest absolute Gasteiger partial charge is 0.480 e. The van der Waals surface area contributed by atoms with Gasteiger partial charge in [0.25, 0.3) is 0 Å². The Hall–Kier alpha value is -1.22. The van der Waals surface area contributed by atoms with Gasteiger partial charge in [-0.2, -0.15) is 24.4 Å². The van der Waals surface area contributed by atoms with E-state index in [0.29, 0.717) is 31.8 Å². The number of piperidine rings is 1. The molecule has 1 fully saturated rings. The van der Waals surface area contributed by atoms with Crippen molar-refractivity contribution < 1.29 is 14.7 Å². The quantitative estimate of drug-likeness (QED) is 0.384. The summed E-state index contributed by atoms with van der Waals surface area (Å²) < 4.78 is 0. The molecule has 168 valence electrons. The molecule has 2 rings (SSSR count). The predicted molar refractivity (Wildman–Crippen MR) is 127 cm³/mol. The van der Waals surface area contributed by atoms with Gasteiger partial charge in [-0.1, -0.05) is 24.3 Å². The molecule has 1 amide bonds. The van der Waals surface area contributed by atoms with Crippen LogP contribution in [0.5, 0.6) is 0 Å². The number of carboxylic acid groups (broad SMARTS) is 1. The molecular formula is C22H35N3O3S2. The molecule has 6 nitrogen and oxygen atoms in total. The number of thiol groups is 1. The van der Waals surface area contributed by atoms with Gasteiger partial charge in [0.2, 0.25) is 5.91 Å². The van der Waals surface area contributed by atoms with Crippen LogP contribution >= 0.6 is 24.4 Å². The molecule has 1 aliphatic heterocycles. The lowest BCUT2D eigenvalue weighted by Gasteiger charge is -2.43. The smallest absolute Gasteiger partial charge is 0.320 e. The summed E-state index contributed by atoms with van der Waals surface area (Å²) in [7, 11) is 0. The SMILES string of the molecule is CSCC[C@H](NCC1(Cc2ccccc2C)CCN(C(=O)[C@@H](N)CS)CC1)C(=O)O. The van der Waals surface area contributed by atoms with E-state index >= 15 is 0 Å². The zero-order valence-corrected chi connectivity index (χ0v) is 19.7. The number of hydrogen-bond acceptors (Lipinski definition) is 6. The molecule has 4 N–H and O–H groups in total. The lowest BCUT2D eigenvalue weighted by atomic mass is 9.72. The number of amides is 1. The molecular weight excluding hydrogens is 418 g/mol. The maximum absolute atomic E-state index is 12.5. The van der Waals surface area contributed by atoms with Gasteiger partial charge in [-0.3, -0.25) is 9.59 Å². The molecule has 0 radical (unpaired) electrons. The Morgan fingerprint density at radius 2 is 2.00 bits per heavy atom. The fourth-order valence-corrected chi connectivity index (χ4v) is 4.66. The van der Waals surface area contributed by atoms with E-state index in [4.69, 9.17) is 5.73 Å². The average molecular weight is 454 g/mol. The molecule has 0 aliphatic carbocycles. The van der Waals surface area contributed by atoms with Crippen molar-refractivity contribution in [3.05, 3.63) is 35.4 Å². The molecule has 2 atom stereocenters. The molecule has 0 bridgehead atoms. The van der Waals surface area contributed by atoms with Crippen molar-refractivity contribution >= 4 is 36.3 Å². The van der Waals surface area contributed by atoms with E-state index in [0.717, 1.165) is 25.0 Å². The predicted octanol–water partition coefficient (Wildman–Crippen LogP) is 2.20. The van der Waals surface area contributed by atoms with E-state index in [1.54, 1.807) is 11.8 Å². The molecule has 1 saturated heterocycles. The fraction of sp³-hybridized carbons (Fsp3) is 0.636. The minimum Gasteiger partial charge on any atom is -0.480 e. The van der Waals surface area contributed by atoms with Gasteiger partial charge in [0.05, 0.1) is 6.04 Å². The summed E-state index contributed by atoms with van der Waals surface area (Å²) in [5.41, 5.74) is 8.31. The Morgan fingerprint density at radius 1 is 1.33 bits per heavy atom. The summed E-state index contributed by atoms with van der Waals surface area (Å²) in [6.45, 7) is 4.00. The van der Waals surface area contributed by atoms with Gasteiger partial charge in [0.15, 0.2) is 0 Å². The molecule has 1 aromatic carbocycles. The first kappa shape index (κ1) is 25.0. The van der Waals surface area contributed by atoms with Crippen molar-refractivity contribution in [2.75, 3.05) is 37.4 Å². The summed E-state index contributed by atoms with van der Waals surface area (Å²) in [5, 5.41) is 12.9. The highest BCUT2D eigenvalue weighted by Gasteiger charge is 2.38. The lowest BCUT2D eigenvalue weighted by Crippen LogP contribution is -2.53. The number of nitrogens with one attached hydrogen (secondary N) is 1. The molecule has 0 aromatic heterocycles. The third-order valence-corrected chi connectivity index (χ3v) is 7.15. The van der Waals surface area contributed by atoms with Gasteiger partial charge in [-0.15, -0.1) is 0 Å². The van der Waals surface area contributed by atoms with Crippen LogP contribution in [0, 0.1) is 12.3 Å². The number of nitrogens with zero attached hydrogens (tertiary/aromatic N) is 1. The maximum atomic E-state index is 12.5. The van der Waals surface area contributed by atoms with Crippen LogP contribution in [-0.2, 0) is 16.0 Å². The van der Waals surface area contributed by atoms with E-state index < -0.39 is 18.1 Å². The van der Waals surface area contributed by atoms with Gasteiger partial charge < -0.3 is 21.1 Å². The summed E-state index contributed by atoms with van der Waals surface area (Å²) >= 11 is 5.80. The van der Waals surface area contributed by atoms with Crippen LogP contribution in [0.15, 0.2) is 24.3 Å². The first-order valence-corrected chi connectivity index (χ1v) is 12.5. The zero-order chi connectivity index (χ0) is 22.1. The summed E-state index contributed by atoms with van der Waals surface area (Å²) in [4.78, 5) is 26.0. The number of nitrogens with two attached hydrogens (primary N) is 1. The van der Waals surface area contributed by atoms with E-state index in [1.165, 1.54) is 11.1 Å². The fourth-order valence-electron chi connectivity index (χ4n) is 4.03. The molecule has 0 saturated carbocycles. The average Bonchev–Trinajstić information content (AvgIpc) is 2.74. The number of rotatable bonds is 11. The van der Waals surface area contributed by atoms with Gasteiger partial charge in [-0.25, -0.2) is 0 Å². The Labute approximate surface area is 189 Å². The highest BCUT2D eigenvalue weighted by Crippen LogP contribution is 2.36. The van der Waals surface area contributed by atoms with E-state index in [-0.39, 0.29) is 11.3 Å². The summed E-state index contributed by atoms with van der Waals surface area (Å²) in [5.74, 6) is 0.285. The number of aliphatic carboxylic acids is 1. The van der Waals surface area contributed by atoms with Crippen molar-refractivity contribution in [3.63, 3.8) is 0 Å². The Kier molecular flexibility index (Phi) is 10.0. The normalized spacial score (nSPS) is 18.1. The number of thioether (sulfide) groups is 1. The molecule has 1 aliphatic rings. The molecule has 1 heterocycles. The Morgan fingerprint density at radius 3 is 2.57 bits per heavy atom. The minimum atomic E-state index is -0.803. The van der Waals surface area contributed by atoms with Crippen LogP contribution in [0.1, 0.15) is 30.4 Å². The summed E-state index contributed by atoms with van der Waals surface area (Å²) in [6.07, 6.45) is 5.07. The minimum absolute atomic E-state index is 0.0502. The Balaban J connectivity index is 2.14. The highest BCUT2D eigenvalue weighted by molar-refractivity contribution is 7.98. The Bertz CT molecular complexity index is 709. The topological polar surface area (TPSA) is 95.7 Å². The summed E-state index contributed by atoms with van der Waals surface area (Å²) in [6, 6.07) is 7.22. The van der Waals surface area contributed by atoms with Crippen LogP contribution in [0.4, 0.5) is 0 Å². The van der Waals surface area contributed by atoms with Crippen molar-refractivity contribution in [1.29, 1.82) is 0 Å². The molecule has 0 spiro atoms. The number of carbonyl (C=O) groups excluding carboxylic acids is 1. The van der Waals surface area contributed by atoms with Crippen molar-refractivity contribution in [2.45, 2.75) is 44.7 Å². The van der Waals surface area contributed by atoms with Gasteiger partial charge >= 0.3 is 5.97 Å². The van der Waals surface area contributed by atoms with E-state index in [9.17, 15) is 14.7 Å². The highest BCUT2D eigenvalue weighted by atomic mass is 32.2. The number of benzene rings is 1. The van der Waals surface area contributed by atoms with Crippen LogP contribution in [0.2, 0.25) is 0 Å². The third-order valence-electron chi connectivity index (χ3n) is 6.11. The monoisotopic (exact) mass is 453 g/mol. The second kappa shape index (κ2) is 12.0. The van der Waals surface area contributed by atoms with Crippen molar-refractivity contribution in [2.24, 2.45) is 11.1 Å². The third kappa shape index (κ3) is 6.90. The van der Waals surface area contributed by atoms with Gasteiger partial charge in [0.1, 0.15) is 6.04 Å². The van der Waals surface area contributed by atoms with Crippen molar-refractivity contribution in [3.8, 4) is 0 Å². The van der Waals surface area contributed by atoms with E-state index in [1.807, 2.05) is 23.3 Å². The van der Waals surface area contributed by atoms with Crippen LogP contribution in [0.25, 0.3) is 0 Å². The number of carboxylic acids is 1. The van der Waals surface area contributed by atoms with Gasteiger partial charge in [-0.05, 0) is 61.2 Å². The van der Waals surface area contributed by atoms with Gasteiger partial charge in [0, 0.05) is 25.4 Å². The zero-order valence-electron chi connectivity index (χ0n) is 18.0. The van der Waals surface area contributed by atoms with Crippen LogP contribution < -0.4 is 11.1 Å². The number of carbonyl (C=O) groups is 2. The van der Waals surface area contributed by atoms with Crippen LogP contribution in [0.3, 0.4) is 0 Å². The second-order valence-electron chi connectivity index (χ2n) is 8.27. The number of likely N-dealkylation sites (tertiary alicyclic amines) is 1. The maximum Gasteiger partial charge on any atom is 0.320 e. The standard InChI is InChI=1S/C22H35N3O3S2/c1-16-5-3-4-6-17(16)13-22(15-24-19(21(27)28)7-12-30-2)8-10-25(11-9-22)20(26)18(23)14-29/h3-6,18-19,24,29H,7-15,23H2,1-2H3,(H,27,28)/t18-,19-/m0/s1. The number of hydrogen-bond donors (Lipinski definition) is 4. The molecule has 30 heavy (non-hydrogen) atoms.